The number of hydrogen-bond acceptors (Lipinski definition) is 4. The first-order chi connectivity index (χ1) is 10.1. The summed E-state index contributed by atoms with van der Waals surface area (Å²) in [6.45, 7) is 1.65. The Morgan fingerprint density at radius 1 is 0.952 bits per heavy atom. The number of phenolic OH excluding ortho intramolecular Hbond substituents is 1. The van der Waals surface area contributed by atoms with Crippen molar-refractivity contribution in [3.05, 3.63) is 59.2 Å². The van der Waals surface area contributed by atoms with Crippen LogP contribution >= 0.6 is 0 Å². The zero-order valence-corrected chi connectivity index (χ0v) is 12.4. The third-order valence-electron chi connectivity index (χ3n) is 3.35. The monoisotopic (exact) mass is 287 g/mol. The maximum atomic E-state index is 9.59. The van der Waals surface area contributed by atoms with E-state index in [1.54, 1.807) is 13.2 Å². The van der Waals surface area contributed by atoms with Crippen LogP contribution in [0.1, 0.15) is 16.7 Å². The standard InChI is InChI=1S/C17H21NO3/c1-18(10-13-3-5-14(12-19)6-4-13)11-15-7-8-16(20)17(9-15)21-2/h3-9,19-20H,10-12H2,1-2H3. The Hall–Kier alpha value is -2.04. The maximum Gasteiger partial charge on any atom is 0.160 e. The Morgan fingerprint density at radius 3 is 2.14 bits per heavy atom. The fourth-order valence-electron chi connectivity index (χ4n) is 2.25. The van der Waals surface area contributed by atoms with Gasteiger partial charge < -0.3 is 14.9 Å². The topological polar surface area (TPSA) is 52.9 Å². The summed E-state index contributed by atoms with van der Waals surface area (Å²) in [7, 11) is 3.59. The van der Waals surface area contributed by atoms with Crippen LogP contribution in [0.2, 0.25) is 0 Å². The molecule has 0 aliphatic rings. The number of methoxy groups -OCH3 is 1. The van der Waals surface area contributed by atoms with E-state index in [1.807, 2.05) is 43.4 Å². The first kappa shape index (κ1) is 15.4. The highest BCUT2D eigenvalue weighted by atomic mass is 16.5. The molecule has 112 valence electrons. The number of hydrogen-bond donors (Lipinski definition) is 2. The molecule has 2 aromatic rings. The summed E-state index contributed by atoms with van der Waals surface area (Å²) in [5, 5.41) is 18.6. The predicted octanol–water partition coefficient (Wildman–Crippen LogP) is 2.53. The Morgan fingerprint density at radius 2 is 1.52 bits per heavy atom. The number of ether oxygens (including phenoxy) is 1. The molecule has 2 aromatic carbocycles. The molecule has 0 heterocycles. The summed E-state index contributed by atoms with van der Waals surface area (Å²) in [6.07, 6.45) is 0. The Bertz CT molecular complexity index is 581. The third-order valence-corrected chi connectivity index (χ3v) is 3.35. The van der Waals surface area contributed by atoms with E-state index >= 15 is 0 Å². The van der Waals surface area contributed by atoms with Crippen LogP contribution in [0.3, 0.4) is 0 Å². The van der Waals surface area contributed by atoms with Crippen molar-refractivity contribution < 1.29 is 14.9 Å². The van der Waals surface area contributed by atoms with Crippen molar-refractivity contribution in [2.24, 2.45) is 0 Å². The van der Waals surface area contributed by atoms with Crippen molar-refractivity contribution in [1.82, 2.24) is 4.90 Å². The van der Waals surface area contributed by atoms with Crippen molar-refractivity contribution in [3.8, 4) is 11.5 Å². The highest BCUT2D eigenvalue weighted by Crippen LogP contribution is 2.26. The second-order valence-electron chi connectivity index (χ2n) is 5.15. The van der Waals surface area contributed by atoms with Crippen LogP contribution in [-0.2, 0) is 19.7 Å². The minimum atomic E-state index is 0.0728. The van der Waals surface area contributed by atoms with E-state index in [0.717, 1.165) is 24.2 Å². The van der Waals surface area contributed by atoms with Crippen molar-refractivity contribution in [2.75, 3.05) is 14.2 Å². The number of aliphatic hydroxyl groups is 1. The molecular formula is C17H21NO3. The van der Waals surface area contributed by atoms with Crippen molar-refractivity contribution in [2.45, 2.75) is 19.7 Å². The molecule has 0 bridgehead atoms. The summed E-state index contributed by atoms with van der Waals surface area (Å²) in [5.74, 6) is 0.650. The van der Waals surface area contributed by atoms with Gasteiger partial charge in [0.2, 0.25) is 0 Å². The SMILES string of the molecule is COc1cc(CN(C)Cc2ccc(CO)cc2)ccc1O. The first-order valence-corrected chi connectivity index (χ1v) is 6.85. The van der Waals surface area contributed by atoms with Gasteiger partial charge >= 0.3 is 0 Å². The Labute approximate surface area is 125 Å². The molecule has 0 aliphatic heterocycles. The van der Waals surface area contributed by atoms with Gasteiger partial charge in [0.15, 0.2) is 11.5 Å². The van der Waals surface area contributed by atoms with Crippen molar-refractivity contribution >= 4 is 0 Å². The number of rotatable bonds is 6. The molecule has 0 aromatic heterocycles. The summed E-state index contributed by atoms with van der Waals surface area (Å²) >= 11 is 0. The fraction of sp³-hybridized carbons (Fsp3) is 0.294. The van der Waals surface area contributed by atoms with Gasteiger partial charge in [0, 0.05) is 13.1 Å². The van der Waals surface area contributed by atoms with Gasteiger partial charge in [0.25, 0.3) is 0 Å². The normalized spacial score (nSPS) is 10.9. The lowest BCUT2D eigenvalue weighted by molar-refractivity contribution is 0.281. The van der Waals surface area contributed by atoms with Crippen LogP contribution in [0.15, 0.2) is 42.5 Å². The lowest BCUT2D eigenvalue weighted by Crippen LogP contribution is -2.17. The lowest BCUT2D eigenvalue weighted by atomic mass is 10.1. The van der Waals surface area contributed by atoms with Crippen LogP contribution in [0.5, 0.6) is 11.5 Å². The number of aromatic hydroxyl groups is 1. The number of benzene rings is 2. The molecule has 0 saturated carbocycles. The average molecular weight is 287 g/mol. The smallest absolute Gasteiger partial charge is 0.160 e. The molecule has 0 aliphatic carbocycles. The average Bonchev–Trinajstić information content (AvgIpc) is 2.50. The zero-order chi connectivity index (χ0) is 15.2. The number of aliphatic hydroxyl groups excluding tert-OH is 1. The summed E-state index contributed by atoms with van der Waals surface area (Å²) in [4.78, 5) is 2.18. The van der Waals surface area contributed by atoms with E-state index in [2.05, 4.69) is 4.90 Å². The van der Waals surface area contributed by atoms with E-state index < -0.39 is 0 Å². The van der Waals surface area contributed by atoms with Crippen LogP contribution in [0.25, 0.3) is 0 Å². The van der Waals surface area contributed by atoms with Crippen LogP contribution in [0.4, 0.5) is 0 Å². The maximum absolute atomic E-state index is 9.59. The minimum absolute atomic E-state index is 0.0728. The highest BCUT2D eigenvalue weighted by molar-refractivity contribution is 5.41. The zero-order valence-electron chi connectivity index (χ0n) is 12.4. The molecule has 0 unspecified atom stereocenters. The molecule has 0 atom stereocenters. The third kappa shape index (κ3) is 4.21. The van der Waals surface area contributed by atoms with E-state index in [1.165, 1.54) is 5.56 Å². The number of phenols is 1. The molecule has 0 radical (unpaired) electrons. The van der Waals surface area contributed by atoms with Crippen molar-refractivity contribution in [3.63, 3.8) is 0 Å². The molecule has 0 spiro atoms. The van der Waals surface area contributed by atoms with Crippen molar-refractivity contribution in [1.29, 1.82) is 0 Å². The first-order valence-electron chi connectivity index (χ1n) is 6.85. The highest BCUT2D eigenvalue weighted by Gasteiger charge is 2.06. The van der Waals surface area contributed by atoms with Crippen LogP contribution < -0.4 is 4.74 Å². The molecule has 0 fully saturated rings. The molecule has 21 heavy (non-hydrogen) atoms. The largest absolute Gasteiger partial charge is 0.504 e. The van der Waals surface area contributed by atoms with E-state index in [-0.39, 0.29) is 12.4 Å². The molecule has 0 saturated heterocycles. The molecule has 4 heteroatoms. The lowest BCUT2D eigenvalue weighted by Gasteiger charge is -2.17. The van der Waals surface area contributed by atoms with Gasteiger partial charge in [-0.25, -0.2) is 0 Å². The van der Waals surface area contributed by atoms with Gasteiger partial charge in [-0.15, -0.1) is 0 Å². The van der Waals surface area contributed by atoms with E-state index in [4.69, 9.17) is 9.84 Å². The van der Waals surface area contributed by atoms with Gasteiger partial charge in [0.1, 0.15) is 0 Å². The minimum Gasteiger partial charge on any atom is -0.504 e. The molecule has 2 rings (SSSR count). The molecule has 0 amide bonds. The Kier molecular flexibility index (Phi) is 5.20. The van der Waals surface area contributed by atoms with Gasteiger partial charge in [-0.05, 0) is 35.9 Å². The summed E-state index contributed by atoms with van der Waals surface area (Å²) in [5.41, 5.74) is 3.20. The van der Waals surface area contributed by atoms with Crippen LogP contribution in [-0.4, -0.2) is 29.3 Å². The van der Waals surface area contributed by atoms with Gasteiger partial charge in [0.05, 0.1) is 13.7 Å². The fourth-order valence-corrected chi connectivity index (χ4v) is 2.25. The van der Waals surface area contributed by atoms with Gasteiger partial charge in [-0.2, -0.15) is 0 Å². The van der Waals surface area contributed by atoms with Gasteiger partial charge in [-0.3, -0.25) is 4.90 Å². The molecule has 2 N–H and O–H groups in total. The van der Waals surface area contributed by atoms with E-state index in [9.17, 15) is 5.11 Å². The second kappa shape index (κ2) is 7.11. The summed E-state index contributed by atoms with van der Waals surface area (Å²) in [6, 6.07) is 13.3. The second-order valence-corrected chi connectivity index (χ2v) is 5.15. The van der Waals surface area contributed by atoms with Gasteiger partial charge in [-0.1, -0.05) is 30.3 Å². The quantitative estimate of drug-likeness (QED) is 0.857. The summed E-state index contributed by atoms with van der Waals surface area (Å²) < 4.78 is 5.12. The Balaban J connectivity index is 1.98. The number of nitrogens with zero attached hydrogens (tertiary/aromatic N) is 1. The van der Waals surface area contributed by atoms with E-state index in [0.29, 0.717) is 5.75 Å². The molecular weight excluding hydrogens is 266 g/mol. The van der Waals surface area contributed by atoms with Crippen LogP contribution in [0, 0.1) is 0 Å². The molecule has 4 nitrogen and oxygen atoms in total. The predicted molar refractivity (Wildman–Crippen MR) is 82.2 cm³/mol.